The van der Waals surface area contributed by atoms with Crippen LogP contribution in [0.1, 0.15) is 33.7 Å². The Hall–Kier alpha value is -3.20. The van der Waals surface area contributed by atoms with Crippen LogP contribution >= 0.6 is 11.3 Å². The van der Waals surface area contributed by atoms with Crippen molar-refractivity contribution in [2.45, 2.75) is 33.5 Å². The zero-order valence-corrected chi connectivity index (χ0v) is 16.4. The summed E-state index contributed by atoms with van der Waals surface area (Å²) in [4.78, 5) is 28.6. The second-order valence-electron chi connectivity index (χ2n) is 6.03. The molecule has 1 atom stereocenters. The molecule has 28 heavy (non-hydrogen) atoms. The van der Waals surface area contributed by atoms with Crippen LogP contribution in [0, 0.1) is 13.8 Å². The molecule has 3 rings (SSSR count). The quantitative estimate of drug-likeness (QED) is 0.604. The maximum Gasteiger partial charge on any atom is 0.338 e. The molecular formula is C19H19N3O5S. The Morgan fingerprint density at radius 1 is 1.25 bits per heavy atom. The highest BCUT2D eigenvalue weighted by atomic mass is 32.1. The van der Waals surface area contributed by atoms with Crippen molar-refractivity contribution < 1.29 is 23.6 Å². The van der Waals surface area contributed by atoms with Gasteiger partial charge in [0.1, 0.15) is 18.1 Å². The van der Waals surface area contributed by atoms with E-state index in [0.717, 1.165) is 10.7 Å². The number of esters is 1. The van der Waals surface area contributed by atoms with Crippen molar-refractivity contribution in [1.29, 1.82) is 0 Å². The summed E-state index contributed by atoms with van der Waals surface area (Å²) >= 11 is 1.56. The number of ether oxygens (including phenoxy) is 2. The molecule has 3 aromatic rings. The number of carbonyl (C=O) groups excluding carboxylic acids is 2. The first-order valence-corrected chi connectivity index (χ1v) is 9.37. The number of anilines is 1. The Kier molecular flexibility index (Phi) is 6.05. The van der Waals surface area contributed by atoms with Gasteiger partial charge in [0.2, 0.25) is 0 Å². The molecule has 9 heteroatoms. The van der Waals surface area contributed by atoms with E-state index in [4.69, 9.17) is 14.0 Å². The maximum absolute atomic E-state index is 12.2. The van der Waals surface area contributed by atoms with Gasteiger partial charge in [-0.2, -0.15) is 0 Å². The third kappa shape index (κ3) is 5.17. The minimum Gasteiger partial charge on any atom is -0.487 e. The van der Waals surface area contributed by atoms with Gasteiger partial charge in [0.15, 0.2) is 11.9 Å². The standard InChI is InChI=1S/C19H19N3O5S/c1-11-8-17(22-27-11)21-18(23)12(2)26-19(24)14-4-6-16(7-5-14)25-9-15-10-28-13(3)20-15/h4-8,10,12H,9H2,1-3H3,(H,21,22,23)/t12-/m1/s1. The van der Waals surface area contributed by atoms with E-state index in [1.165, 1.54) is 6.92 Å². The van der Waals surface area contributed by atoms with E-state index in [1.807, 2.05) is 12.3 Å². The van der Waals surface area contributed by atoms with Crippen molar-refractivity contribution in [3.63, 3.8) is 0 Å². The number of thiazole rings is 1. The fraction of sp³-hybridized carbons (Fsp3) is 0.263. The van der Waals surface area contributed by atoms with Crippen molar-refractivity contribution in [3.05, 3.63) is 57.7 Å². The molecule has 8 nitrogen and oxygen atoms in total. The van der Waals surface area contributed by atoms with E-state index in [9.17, 15) is 9.59 Å². The van der Waals surface area contributed by atoms with E-state index in [0.29, 0.717) is 23.7 Å². The van der Waals surface area contributed by atoms with Gasteiger partial charge >= 0.3 is 5.97 Å². The Balaban J connectivity index is 1.51. The predicted octanol–water partition coefficient (Wildman–Crippen LogP) is 3.51. The molecule has 0 aliphatic carbocycles. The number of hydrogen-bond donors (Lipinski definition) is 1. The summed E-state index contributed by atoms with van der Waals surface area (Å²) in [7, 11) is 0. The Morgan fingerprint density at radius 3 is 2.61 bits per heavy atom. The lowest BCUT2D eigenvalue weighted by Crippen LogP contribution is -2.30. The highest BCUT2D eigenvalue weighted by molar-refractivity contribution is 7.09. The molecule has 2 aromatic heterocycles. The lowest BCUT2D eigenvalue weighted by molar-refractivity contribution is -0.123. The predicted molar refractivity (Wildman–Crippen MR) is 102 cm³/mol. The molecule has 0 radical (unpaired) electrons. The summed E-state index contributed by atoms with van der Waals surface area (Å²) in [5.74, 6) is 0.324. The van der Waals surface area contributed by atoms with Gasteiger partial charge in [0, 0.05) is 11.4 Å². The van der Waals surface area contributed by atoms with Gasteiger partial charge in [-0.25, -0.2) is 9.78 Å². The van der Waals surface area contributed by atoms with Crippen LogP contribution in [0.3, 0.4) is 0 Å². The number of rotatable bonds is 7. The molecular weight excluding hydrogens is 382 g/mol. The Morgan fingerprint density at radius 2 is 2.00 bits per heavy atom. The summed E-state index contributed by atoms with van der Waals surface area (Å²) in [6, 6.07) is 8.06. The SMILES string of the molecule is Cc1cc(NC(=O)[C@@H](C)OC(=O)c2ccc(OCc3csc(C)n3)cc2)no1. The number of amides is 1. The van der Waals surface area contributed by atoms with Gasteiger partial charge in [0.05, 0.1) is 16.3 Å². The van der Waals surface area contributed by atoms with Crippen LogP contribution in [0.25, 0.3) is 0 Å². The van der Waals surface area contributed by atoms with Gasteiger partial charge in [-0.3, -0.25) is 4.79 Å². The first-order valence-electron chi connectivity index (χ1n) is 8.50. The molecule has 1 N–H and O–H groups in total. The Bertz CT molecular complexity index is 964. The van der Waals surface area contributed by atoms with Crippen LogP contribution in [-0.4, -0.2) is 28.1 Å². The molecule has 0 bridgehead atoms. The normalized spacial score (nSPS) is 11.7. The van der Waals surface area contributed by atoms with Crippen LogP contribution in [-0.2, 0) is 16.1 Å². The third-order valence-corrected chi connectivity index (χ3v) is 4.50. The molecule has 146 valence electrons. The number of nitrogens with one attached hydrogen (secondary N) is 1. The topological polar surface area (TPSA) is 104 Å². The van der Waals surface area contributed by atoms with Gasteiger partial charge in [0.25, 0.3) is 5.91 Å². The summed E-state index contributed by atoms with van der Waals surface area (Å²) < 4.78 is 15.7. The van der Waals surface area contributed by atoms with Crippen LogP contribution in [0.5, 0.6) is 5.75 Å². The average molecular weight is 401 g/mol. The van der Waals surface area contributed by atoms with Crippen molar-refractivity contribution in [3.8, 4) is 5.75 Å². The third-order valence-electron chi connectivity index (χ3n) is 3.68. The molecule has 0 unspecified atom stereocenters. The monoisotopic (exact) mass is 401 g/mol. The van der Waals surface area contributed by atoms with Gasteiger partial charge in [-0.05, 0) is 45.0 Å². The van der Waals surface area contributed by atoms with E-state index >= 15 is 0 Å². The second kappa shape index (κ2) is 8.66. The minimum atomic E-state index is -0.992. The van der Waals surface area contributed by atoms with Gasteiger partial charge < -0.3 is 19.3 Å². The molecule has 0 aliphatic rings. The van der Waals surface area contributed by atoms with Gasteiger partial charge in [-0.1, -0.05) is 5.16 Å². The van der Waals surface area contributed by atoms with Crippen LogP contribution in [0.15, 0.2) is 40.2 Å². The Labute approximate surface area is 165 Å². The molecule has 1 amide bonds. The van der Waals surface area contributed by atoms with Crippen LogP contribution in [0.2, 0.25) is 0 Å². The van der Waals surface area contributed by atoms with Gasteiger partial charge in [-0.15, -0.1) is 11.3 Å². The zero-order valence-electron chi connectivity index (χ0n) is 15.6. The van der Waals surface area contributed by atoms with E-state index in [2.05, 4.69) is 15.5 Å². The smallest absolute Gasteiger partial charge is 0.338 e. The first kappa shape index (κ1) is 19.6. The van der Waals surface area contributed by atoms with Crippen molar-refractivity contribution >= 4 is 29.0 Å². The summed E-state index contributed by atoms with van der Waals surface area (Å²) in [5.41, 5.74) is 1.17. The van der Waals surface area contributed by atoms with Crippen molar-refractivity contribution in [1.82, 2.24) is 10.1 Å². The largest absolute Gasteiger partial charge is 0.487 e. The number of carbonyl (C=O) groups is 2. The second-order valence-corrected chi connectivity index (χ2v) is 7.09. The average Bonchev–Trinajstić information content (AvgIpc) is 3.28. The number of hydrogen-bond acceptors (Lipinski definition) is 8. The van der Waals surface area contributed by atoms with Crippen molar-refractivity contribution in [2.24, 2.45) is 0 Å². The fourth-order valence-electron chi connectivity index (χ4n) is 2.25. The lowest BCUT2D eigenvalue weighted by Gasteiger charge is -2.12. The molecule has 0 aliphatic heterocycles. The molecule has 2 heterocycles. The van der Waals surface area contributed by atoms with E-state index in [1.54, 1.807) is 48.6 Å². The summed E-state index contributed by atoms with van der Waals surface area (Å²) in [6.45, 7) is 5.47. The molecule has 1 aromatic carbocycles. The minimum absolute atomic E-state index is 0.266. The number of aromatic nitrogens is 2. The first-order chi connectivity index (χ1) is 13.4. The number of benzene rings is 1. The molecule has 0 fully saturated rings. The summed E-state index contributed by atoms with van der Waals surface area (Å²) in [5, 5.41) is 9.10. The van der Waals surface area contributed by atoms with E-state index < -0.39 is 18.0 Å². The van der Waals surface area contributed by atoms with Crippen molar-refractivity contribution in [2.75, 3.05) is 5.32 Å². The lowest BCUT2D eigenvalue weighted by atomic mass is 10.2. The fourth-order valence-corrected chi connectivity index (χ4v) is 2.85. The molecule has 0 spiro atoms. The highest BCUT2D eigenvalue weighted by Crippen LogP contribution is 2.17. The number of aryl methyl sites for hydroxylation is 2. The van der Waals surface area contributed by atoms with E-state index in [-0.39, 0.29) is 5.82 Å². The summed E-state index contributed by atoms with van der Waals surface area (Å²) in [6.07, 6.45) is -0.992. The number of nitrogens with zero attached hydrogens (tertiary/aromatic N) is 2. The zero-order chi connectivity index (χ0) is 20.1. The maximum atomic E-state index is 12.2. The van der Waals surface area contributed by atoms with Crippen LogP contribution in [0.4, 0.5) is 5.82 Å². The highest BCUT2D eigenvalue weighted by Gasteiger charge is 2.20. The van der Waals surface area contributed by atoms with Crippen LogP contribution < -0.4 is 10.1 Å². The molecule has 0 saturated carbocycles. The molecule has 0 saturated heterocycles.